The first kappa shape index (κ1) is 12.6. The van der Waals surface area contributed by atoms with Crippen LogP contribution in [0.1, 0.15) is 5.56 Å². The number of hydrogen-bond acceptors (Lipinski definition) is 4. The van der Waals surface area contributed by atoms with Crippen molar-refractivity contribution in [3.8, 4) is 11.5 Å². The standard InChI is InChI=1S/C10H12ClNO4/c1-16-8-3-7(11)2-6(10(8)15)4-12-5-9(13)14/h2-3,12,15H,4-5H2,1H3,(H,13,14). The summed E-state index contributed by atoms with van der Waals surface area (Å²) in [6.07, 6.45) is 0. The fourth-order valence-electron chi connectivity index (χ4n) is 1.22. The molecule has 0 aliphatic heterocycles. The number of carbonyl (C=O) groups is 1. The number of methoxy groups -OCH3 is 1. The van der Waals surface area contributed by atoms with Gasteiger partial charge in [-0.15, -0.1) is 0 Å². The largest absolute Gasteiger partial charge is 0.504 e. The molecule has 0 heterocycles. The number of aliphatic carboxylic acids is 1. The van der Waals surface area contributed by atoms with Gasteiger partial charge in [-0.2, -0.15) is 0 Å². The van der Waals surface area contributed by atoms with Gasteiger partial charge in [0.25, 0.3) is 0 Å². The van der Waals surface area contributed by atoms with Gasteiger partial charge in [-0.1, -0.05) is 11.6 Å². The normalized spacial score (nSPS) is 10.1. The molecule has 1 aromatic rings. The molecule has 0 aliphatic rings. The zero-order valence-corrected chi connectivity index (χ0v) is 9.41. The minimum absolute atomic E-state index is 0.0372. The summed E-state index contributed by atoms with van der Waals surface area (Å²) in [6.45, 7) is 0.0172. The average molecular weight is 246 g/mol. The van der Waals surface area contributed by atoms with Crippen molar-refractivity contribution >= 4 is 17.6 Å². The number of halogens is 1. The van der Waals surface area contributed by atoms with Gasteiger partial charge in [0.1, 0.15) is 0 Å². The highest BCUT2D eigenvalue weighted by Gasteiger charge is 2.09. The minimum atomic E-state index is -0.964. The monoisotopic (exact) mass is 245 g/mol. The van der Waals surface area contributed by atoms with Crippen molar-refractivity contribution < 1.29 is 19.7 Å². The molecule has 0 saturated carbocycles. The maximum absolute atomic E-state index is 10.3. The zero-order chi connectivity index (χ0) is 12.1. The van der Waals surface area contributed by atoms with Crippen LogP contribution in [-0.4, -0.2) is 29.8 Å². The van der Waals surface area contributed by atoms with Gasteiger partial charge in [-0.05, 0) is 6.07 Å². The molecule has 6 heteroatoms. The lowest BCUT2D eigenvalue weighted by Gasteiger charge is -2.10. The summed E-state index contributed by atoms with van der Waals surface area (Å²) in [5.41, 5.74) is 0.491. The lowest BCUT2D eigenvalue weighted by atomic mass is 10.2. The molecule has 0 fully saturated rings. The molecule has 0 atom stereocenters. The van der Waals surface area contributed by atoms with Crippen molar-refractivity contribution in [2.24, 2.45) is 0 Å². The predicted molar refractivity (Wildman–Crippen MR) is 59.0 cm³/mol. The van der Waals surface area contributed by atoms with Crippen LogP contribution < -0.4 is 10.1 Å². The molecule has 1 aromatic carbocycles. The van der Waals surface area contributed by atoms with E-state index in [-0.39, 0.29) is 24.6 Å². The molecule has 0 radical (unpaired) electrons. The number of aromatic hydroxyl groups is 1. The van der Waals surface area contributed by atoms with Crippen molar-refractivity contribution in [2.75, 3.05) is 13.7 Å². The van der Waals surface area contributed by atoms with E-state index in [0.717, 1.165) is 0 Å². The Morgan fingerprint density at radius 2 is 2.25 bits per heavy atom. The van der Waals surface area contributed by atoms with E-state index in [9.17, 15) is 9.90 Å². The fraction of sp³-hybridized carbons (Fsp3) is 0.300. The van der Waals surface area contributed by atoms with E-state index in [4.69, 9.17) is 21.4 Å². The van der Waals surface area contributed by atoms with E-state index in [2.05, 4.69) is 5.32 Å². The third-order valence-electron chi connectivity index (χ3n) is 1.93. The highest BCUT2D eigenvalue weighted by molar-refractivity contribution is 6.30. The van der Waals surface area contributed by atoms with Crippen LogP contribution in [0.3, 0.4) is 0 Å². The Hall–Kier alpha value is -1.46. The van der Waals surface area contributed by atoms with Crippen LogP contribution in [0.25, 0.3) is 0 Å². The Bertz CT molecular complexity index is 395. The molecule has 0 saturated heterocycles. The maximum atomic E-state index is 10.3. The average Bonchev–Trinajstić information content (AvgIpc) is 2.22. The maximum Gasteiger partial charge on any atom is 0.317 e. The predicted octanol–water partition coefficient (Wildman–Crippen LogP) is 1.23. The van der Waals surface area contributed by atoms with Gasteiger partial charge in [0.05, 0.1) is 13.7 Å². The second-order valence-corrected chi connectivity index (χ2v) is 3.55. The van der Waals surface area contributed by atoms with E-state index in [0.29, 0.717) is 10.6 Å². The third-order valence-corrected chi connectivity index (χ3v) is 2.15. The molecule has 0 spiro atoms. The van der Waals surface area contributed by atoms with Crippen molar-refractivity contribution in [2.45, 2.75) is 6.54 Å². The summed E-state index contributed by atoms with van der Waals surface area (Å²) >= 11 is 5.81. The van der Waals surface area contributed by atoms with Crippen molar-refractivity contribution in [3.63, 3.8) is 0 Å². The second kappa shape index (κ2) is 5.58. The van der Waals surface area contributed by atoms with Crippen LogP contribution >= 0.6 is 11.6 Å². The molecule has 16 heavy (non-hydrogen) atoms. The first-order valence-electron chi connectivity index (χ1n) is 4.52. The smallest absolute Gasteiger partial charge is 0.317 e. The lowest BCUT2D eigenvalue weighted by Crippen LogP contribution is -2.21. The second-order valence-electron chi connectivity index (χ2n) is 3.11. The fourth-order valence-corrected chi connectivity index (χ4v) is 1.45. The summed E-state index contributed by atoms with van der Waals surface area (Å²) in [6, 6.07) is 3.03. The Morgan fingerprint density at radius 1 is 1.56 bits per heavy atom. The summed E-state index contributed by atoms with van der Waals surface area (Å²) in [7, 11) is 1.42. The Balaban J connectivity index is 2.78. The van der Waals surface area contributed by atoms with E-state index in [1.54, 1.807) is 6.07 Å². The van der Waals surface area contributed by atoms with Crippen LogP contribution in [0.2, 0.25) is 5.02 Å². The SMILES string of the molecule is COc1cc(Cl)cc(CNCC(=O)O)c1O. The Kier molecular flexibility index (Phi) is 4.39. The summed E-state index contributed by atoms with van der Waals surface area (Å²) < 4.78 is 4.92. The topological polar surface area (TPSA) is 78.8 Å². The number of ether oxygens (including phenoxy) is 1. The van der Waals surface area contributed by atoms with E-state index >= 15 is 0 Å². The first-order valence-corrected chi connectivity index (χ1v) is 4.90. The Morgan fingerprint density at radius 3 is 2.81 bits per heavy atom. The summed E-state index contributed by atoms with van der Waals surface area (Å²) in [4.78, 5) is 10.3. The van der Waals surface area contributed by atoms with Crippen LogP contribution in [0, 0.1) is 0 Å². The number of hydrogen-bond donors (Lipinski definition) is 3. The van der Waals surface area contributed by atoms with Crippen LogP contribution in [0.15, 0.2) is 12.1 Å². The molecule has 88 valence electrons. The van der Waals surface area contributed by atoms with Crippen LogP contribution in [-0.2, 0) is 11.3 Å². The zero-order valence-electron chi connectivity index (χ0n) is 8.66. The van der Waals surface area contributed by atoms with Gasteiger partial charge >= 0.3 is 5.97 Å². The molecule has 0 unspecified atom stereocenters. The summed E-state index contributed by atoms with van der Waals surface area (Å²) in [5.74, 6) is -0.738. The van der Waals surface area contributed by atoms with E-state index in [1.807, 2.05) is 0 Å². The van der Waals surface area contributed by atoms with Gasteiger partial charge < -0.3 is 20.3 Å². The molecular weight excluding hydrogens is 234 g/mol. The summed E-state index contributed by atoms with van der Waals surface area (Å²) in [5, 5.41) is 21.2. The third kappa shape index (κ3) is 3.29. The Labute approximate surface area is 97.6 Å². The molecular formula is C10H12ClNO4. The minimum Gasteiger partial charge on any atom is -0.504 e. The van der Waals surface area contributed by atoms with E-state index in [1.165, 1.54) is 13.2 Å². The van der Waals surface area contributed by atoms with Gasteiger partial charge in [0, 0.05) is 23.2 Å². The molecule has 5 nitrogen and oxygen atoms in total. The highest BCUT2D eigenvalue weighted by atomic mass is 35.5. The van der Waals surface area contributed by atoms with Gasteiger partial charge in [-0.3, -0.25) is 4.79 Å². The van der Waals surface area contributed by atoms with E-state index < -0.39 is 5.97 Å². The highest BCUT2D eigenvalue weighted by Crippen LogP contribution is 2.33. The molecule has 0 bridgehead atoms. The van der Waals surface area contributed by atoms with Crippen LogP contribution in [0.4, 0.5) is 0 Å². The number of phenols is 1. The number of carboxylic acids is 1. The number of rotatable bonds is 5. The number of nitrogens with one attached hydrogen (secondary N) is 1. The molecule has 0 amide bonds. The number of carboxylic acid groups (broad SMARTS) is 1. The van der Waals surface area contributed by atoms with Gasteiger partial charge in [-0.25, -0.2) is 0 Å². The molecule has 3 N–H and O–H groups in total. The quantitative estimate of drug-likeness (QED) is 0.727. The van der Waals surface area contributed by atoms with Gasteiger partial charge in [0.15, 0.2) is 11.5 Å². The van der Waals surface area contributed by atoms with Crippen molar-refractivity contribution in [1.82, 2.24) is 5.32 Å². The van der Waals surface area contributed by atoms with Crippen molar-refractivity contribution in [1.29, 1.82) is 0 Å². The number of phenolic OH excluding ortho intramolecular Hbond substituents is 1. The van der Waals surface area contributed by atoms with Crippen LogP contribution in [0.5, 0.6) is 11.5 Å². The molecule has 0 aliphatic carbocycles. The van der Waals surface area contributed by atoms with Crippen molar-refractivity contribution in [3.05, 3.63) is 22.7 Å². The molecule has 0 aromatic heterocycles. The molecule has 1 rings (SSSR count). The first-order chi connectivity index (χ1) is 7.54. The van der Waals surface area contributed by atoms with Gasteiger partial charge in [0.2, 0.25) is 0 Å². The lowest BCUT2D eigenvalue weighted by molar-refractivity contribution is -0.136. The number of benzene rings is 1.